The van der Waals surface area contributed by atoms with Crippen molar-refractivity contribution in [1.82, 2.24) is 15.8 Å². The van der Waals surface area contributed by atoms with Gasteiger partial charge >= 0.3 is 0 Å². The van der Waals surface area contributed by atoms with E-state index in [1.165, 1.54) is 5.56 Å². The lowest BCUT2D eigenvalue weighted by atomic mass is 9.85. The van der Waals surface area contributed by atoms with Crippen LogP contribution in [0.2, 0.25) is 5.02 Å². The number of halogens is 1. The number of likely N-dealkylation sites (tertiary alicyclic amines) is 1. The van der Waals surface area contributed by atoms with E-state index < -0.39 is 0 Å². The average molecular weight is 374 g/mol. The van der Waals surface area contributed by atoms with Crippen LogP contribution in [0.4, 0.5) is 0 Å². The van der Waals surface area contributed by atoms with Crippen LogP contribution in [-0.4, -0.2) is 36.2 Å². The van der Waals surface area contributed by atoms with Crippen molar-refractivity contribution in [3.05, 3.63) is 58.6 Å². The lowest BCUT2D eigenvalue weighted by molar-refractivity contribution is 0.146. The minimum Gasteiger partial charge on any atom is -0.507 e. The van der Waals surface area contributed by atoms with Gasteiger partial charge in [-0.3, -0.25) is 10.3 Å². The normalized spacial score (nSPS) is 25.8. The van der Waals surface area contributed by atoms with Crippen molar-refractivity contribution in [3.8, 4) is 11.5 Å². The second-order valence-electron chi connectivity index (χ2n) is 7.07. The van der Waals surface area contributed by atoms with Crippen molar-refractivity contribution < 1.29 is 9.84 Å². The summed E-state index contributed by atoms with van der Waals surface area (Å²) >= 11 is 6.03. The standard InChI is InChI=1S/C20H24ClN3O2/c1-26-19-4-2-3-18(25)16(19)12-24-10-9-17-15(11-24)20(23-22-17)13-5-7-14(21)8-6-13/h2-8,15,17,20,22-23,25H,9-12H2,1H3. The summed E-state index contributed by atoms with van der Waals surface area (Å²) in [5, 5.41) is 11.0. The van der Waals surface area contributed by atoms with Gasteiger partial charge in [0.1, 0.15) is 11.5 Å². The smallest absolute Gasteiger partial charge is 0.127 e. The third-order valence-electron chi connectivity index (χ3n) is 5.53. The van der Waals surface area contributed by atoms with Gasteiger partial charge in [-0.1, -0.05) is 29.8 Å². The quantitative estimate of drug-likeness (QED) is 0.769. The molecule has 0 amide bonds. The Labute approximate surface area is 158 Å². The first-order valence-electron chi connectivity index (χ1n) is 8.99. The van der Waals surface area contributed by atoms with Crippen molar-refractivity contribution in [3.63, 3.8) is 0 Å². The summed E-state index contributed by atoms with van der Waals surface area (Å²) in [6.07, 6.45) is 1.07. The Hall–Kier alpha value is -1.79. The van der Waals surface area contributed by atoms with E-state index in [1.807, 2.05) is 24.3 Å². The summed E-state index contributed by atoms with van der Waals surface area (Å²) in [6, 6.07) is 14.2. The SMILES string of the molecule is COc1cccc(O)c1CN1CCC2NNC(c3ccc(Cl)cc3)C2C1. The van der Waals surface area contributed by atoms with Crippen molar-refractivity contribution >= 4 is 11.6 Å². The summed E-state index contributed by atoms with van der Waals surface area (Å²) in [7, 11) is 1.64. The highest BCUT2D eigenvalue weighted by molar-refractivity contribution is 6.30. The Morgan fingerprint density at radius 3 is 2.77 bits per heavy atom. The Bertz CT molecular complexity index is 768. The number of nitrogens with zero attached hydrogens (tertiary/aromatic N) is 1. The molecule has 0 spiro atoms. The number of benzene rings is 2. The maximum absolute atomic E-state index is 10.3. The summed E-state index contributed by atoms with van der Waals surface area (Å²) < 4.78 is 5.43. The first-order chi connectivity index (χ1) is 12.7. The molecular formula is C20H24ClN3O2. The molecule has 4 rings (SSSR count). The number of piperidine rings is 1. The highest BCUT2D eigenvalue weighted by Gasteiger charge is 2.40. The predicted molar refractivity (Wildman–Crippen MR) is 102 cm³/mol. The average Bonchev–Trinajstić information content (AvgIpc) is 3.07. The van der Waals surface area contributed by atoms with Gasteiger partial charge in [0.25, 0.3) is 0 Å². The molecule has 3 atom stereocenters. The van der Waals surface area contributed by atoms with Crippen LogP contribution >= 0.6 is 11.6 Å². The topological polar surface area (TPSA) is 56.8 Å². The first-order valence-corrected chi connectivity index (χ1v) is 9.37. The fourth-order valence-corrected chi connectivity index (χ4v) is 4.27. The lowest BCUT2D eigenvalue weighted by Crippen LogP contribution is -2.45. The Balaban J connectivity index is 1.51. The molecule has 0 aliphatic carbocycles. The van der Waals surface area contributed by atoms with Crippen LogP contribution in [0.3, 0.4) is 0 Å². The summed E-state index contributed by atoms with van der Waals surface area (Å²) in [5.41, 5.74) is 9.02. The van der Waals surface area contributed by atoms with Crippen LogP contribution < -0.4 is 15.6 Å². The predicted octanol–water partition coefficient (Wildman–Crippen LogP) is 3.09. The first kappa shape index (κ1) is 17.6. The fourth-order valence-electron chi connectivity index (χ4n) is 4.15. The number of ether oxygens (including phenoxy) is 1. The number of nitrogens with one attached hydrogen (secondary N) is 2. The van der Waals surface area contributed by atoms with Gasteiger partial charge in [0, 0.05) is 42.2 Å². The summed E-state index contributed by atoms with van der Waals surface area (Å²) in [5.74, 6) is 1.49. The van der Waals surface area contributed by atoms with E-state index in [4.69, 9.17) is 16.3 Å². The molecule has 2 heterocycles. The molecule has 0 saturated carbocycles. The maximum Gasteiger partial charge on any atom is 0.127 e. The van der Waals surface area contributed by atoms with E-state index in [2.05, 4.69) is 27.9 Å². The van der Waals surface area contributed by atoms with Gasteiger partial charge < -0.3 is 9.84 Å². The summed E-state index contributed by atoms with van der Waals surface area (Å²) in [6.45, 7) is 2.63. The minimum atomic E-state index is 0.256. The van der Waals surface area contributed by atoms with Crippen molar-refractivity contribution in [1.29, 1.82) is 0 Å². The molecule has 2 aromatic carbocycles. The van der Waals surface area contributed by atoms with E-state index in [0.29, 0.717) is 24.3 Å². The molecule has 0 radical (unpaired) electrons. The largest absolute Gasteiger partial charge is 0.507 e. The molecule has 0 aromatic heterocycles. The number of rotatable bonds is 4. The molecule has 6 heteroatoms. The second kappa shape index (κ2) is 7.45. The maximum atomic E-state index is 10.3. The van der Waals surface area contributed by atoms with Crippen LogP contribution in [-0.2, 0) is 6.54 Å². The van der Waals surface area contributed by atoms with Gasteiger partial charge in [-0.05, 0) is 36.2 Å². The van der Waals surface area contributed by atoms with Crippen LogP contribution in [0.25, 0.3) is 0 Å². The van der Waals surface area contributed by atoms with Crippen molar-refractivity contribution in [2.24, 2.45) is 5.92 Å². The van der Waals surface area contributed by atoms with Crippen LogP contribution in [0.15, 0.2) is 42.5 Å². The number of aromatic hydroxyl groups is 1. The number of hydrogen-bond acceptors (Lipinski definition) is 5. The monoisotopic (exact) mass is 373 g/mol. The van der Waals surface area contributed by atoms with Gasteiger partial charge in [0.15, 0.2) is 0 Å². The van der Waals surface area contributed by atoms with E-state index in [-0.39, 0.29) is 6.04 Å². The van der Waals surface area contributed by atoms with Gasteiger partial charge in [0.05, 0.1) is 13.2 Å². The molecule has 2 fully saturated rings. The molecule has 2 saturated heterocycles. The molecule has 0 bridgehead atoms. The molecular weight excluding hydrogens is 350 g/mol. The molecule has 2 aliphatic heterocycles. The van der Waals surface area contributed by atoms with Crippen LogP contribution in [0.1, 0.15) is 23.6 Å². The summed E-state index contributed by atoms with van der Waals surface area (Å²) in [4.78, 5) is 2.40. The molecule has 2 aliphatic rings. The number of fused-ring (bicyclic) bond motifs is 1. The highest BCUT2D eigenvalue weighted by Crippen LogP contribution is 2.36. The Morgan fingerprint density at radius 1 is 1.19 bits per heavy atom. The fraction of sp³-hybridized carbons (Fsp3) is 0.400. The number of phenols is 1. The van der Waals surface area contributed by atoms with Gasteiger partial charge in [-0.25, -0.2) is 5.43 Å². The zero-order valence-corrected chi connectivity index (χ0v) is 15.5. The number of phenolic OH excluding ortho intramolecular Hbond substituents is 1. The zero-order chi connectivity index (χ0) is 18.1. The van der Waals surface area contributed by atoms with Gasteiger partial charge in [-0.15, -0.1) is 0 Å². The number of hydrazine groups is 1. The molecule has 26 heavy (non-hydrogen) atoms. The zero-order valence-electron chi connectivity index (χ0n) is 14.8. The highest BCUT2D eigenvalue weighted by atomic mass is 35.5. The van der Waals surface area contributed by atoms with E-state index in [1.54, 1.807) is 13.2 Å². The lowest BCUT2D eigenvalue weighted by Gasteiger charge is -2.36. The van der Waals surface area contributed by atoms with Crippen LogP contribution in [0, 0.1) is 5.92 Å². The van der Waals surface area contributed by atoms with Crippen LogP contribution in [0.5, 0.6) is 11.5 Å². The van der Waals surface area contributed by atoms with Gasteiger partial charge in [0.2, 0.25) is 0 Å². The van der Waals surface area contributed by atoms with E-state index in [9.17, 15) is 5.11 Å². The third kappa shape index (κ3) is 3.40. The number of methoxy groups -OCH3 is 1. The van der Waals surface area contributed by atoms with Crippen molar-refractivity contribution in [2.75, 3.05) is 20.2 Å². The van der Waals surface area contributed by atoms with E-state index in [0.717, 1.165) is 35.8 Å². The molecule has 3 N–H and O–H groups in total. The van der Waals surface area contributed by atoms with Crippen molar-refractivity contribution in [2.45, 2.75) is 25.0 Å². The Morgan fingerprint density at radius 2 is 2.00 bits per heavy atom. The second-order valence-corrected chi connectivity index (χ2v) is 7.51. The minimum absolute atomic E-state index is 0.256. The van der Waals surface area contributed by atoms with E-state index >= 15 is 0 Å². The molecule has 2 aromatic rings. The van der Waals surface area contributed by atoms with Gasteiger partial charge in [-0.2, -0.15) is 0 Å². The molecule has 5 nitrogen and oxygen atoms in total. The number of hydrogen-bond donors (Lipinski definition) is 3. The molecule has 3 unspecified atom stereocenters. The Kier molecular flexibility index (Phi) is 5.05. The molecule has 138 valence electrons. The third-order valence-corrected chi connectivity index (χ3v) is 5.79.